The number of benzene rings is 2. The molecule has 4 heterocycles. The first-order chi connectivity index (χ1) is 18.7. The zero-order chi connectivity index (χ0) is 25.9. The van der Waals surface area contributed by atoms with E-state index in [2.05, 4.69) is 55.5 Å². The smallest absolute Gasteiger partial charge is 0.223 e. The molecule has 1 aliphatic heterocycles. The molecule has 5 aromatic rings. The number of nitrogens with zero attached hydrogens (tertiary/aromatic N) is 5. The number of anilines is 2. The SMILES string of the molecule is CCc1cc(-c2ccc3c(NSc4ccccc4Cl)ncnn23)cc2cnc(NC3CCCCNC3)nc12. The second-order valence-corrected chi connectivity index (χ2v) is 10.7. The number of hydrogen-bond donors (Lipinski definition) is 3. The summed E-state index contributed by atoms with van der Waals surface area (Å²) in [5.74, 6) is 1.42. The highest BCUT2D eigenvalue weighted by atomic mass is 35.5. The minimum absolute atomic E-state index is 0.352. The summed E-state index contributed by atoms with van der Waals surface area (Å²) in [5, 5.41) is 13.3. The van der Waals surface area contributed by atoms with E-state index in [1.807, 2.05) is 41.0 Å². The lowest BCUT2D eigenvalue weighted by molar-refractivity contribution is 0.631. The van der Waals surface area contributed by atoms with Gasteiger partial charge < -0.3 is 15.4 Å². The van der Waals surface area contributed by atoms with E-state index in [9.17, 15) is 0 Å². The van der Waals surface area contributed by atoms with Crippen molar-refractivity contribution < 1.29 is 0 Å². The van der Waals surface area contributed by atoms with Crippen molar-refractivity contribution in [3.63, 3.8) is 0 Å². The molecular weight excluding hydrogens is 516 g/mol. The molecule has 3 N–H and O–H groups in total. The molecule has 1 atom stereocenters. The third-order valence-corrected chi connectivity index (χ3v) is 8.18. The summed E-state index contributed by atoms with van der Waals surface area (Å²) in [5.41, 5.74) is 5.10. The highest BCUT2D eigenvalue weighted by Crippen LogP contribution is 2.32. The number of rotatable bonds is 7. The highest BCUT2D eigenvalue weighted by Gasteiger charge is 2.16. The van der Waals surface area contributed by atoms with Crippen LogP contribution in [0.2, 0.25) is 5.02 Å². The van der Waals surface area contributed by atoms with Crippen LogP contribution in [0.4, 0.5) is 11.8 Å². The fourth-order valence-corrected chi connectivity index (χ4v) is 5.82. The Morgan fingerprint density at radius 3 is 2.95 bits per heavy atom. The van der Waals surface area contributed by atoms with Crippen molar-refractivity contribution in [2.75, 3.05) is 23.1 Å². The molecule has 194 valence electrons. The van der Waals surface area contributed by atoms with Gasteiger partial charge in [-0.1, -0.05) is 37.1 Å². The lowest BCUT2D eigenvalue weighted by Crippen LogP contribution is -2.31. The van der Waals surface area contributed by atoms with E-state index in [0.717, 1.165) is 64.3 Å². The zero-order valence-electron chi connectivity index (χ0n) is 21.1. The molecule has 1 aliphatic rings. The molecule has 3 aromatic heterocycles. The Morgan fingerprint density at radius 2 is 2.05 bits per heavy atom. The largest absolute Gasteiger partial charge is 0.350 e. The van der Waals surface area contributed by atoms with Crippen molar-refractivity contribution >= 4 is 51.7 Å². The fraction of sp³-hybridized carbons (Fsp3) is 0.286. The number of aryl methyl sites for hydroxylation is 1. The average molecular weight is 545 g/mol. The van der Waals surface area contributed by atoms with Crippen LogP contribution in [0, 0.1) is 0 Å². The van der Waals surface area contributed by atoms with Gasteiger partial charge in [0.1, 0.15) is 11.8 Å². The van der Waals surface area contributed by atoms with Crippen LogP contribution in [0.15, 0.2) is 66.0 Å². The summed E-state index contributed by atoms with van der Waals surface area (Å²) in [6.45, 7) is 4.18. The van der Waals surface area contributed by atoms with Crippen molar-refractivity contribution in [3.8, 4) is 11.3 Å². The van der Waals surface area contributed by atoms with E-state index >= 15 is 0 Å². The summed E-state index contributed by atoms with van der Waals surface area (Å²) in [6.07, 6.45) is 7.92. The topological polar surface area (TPSA) is 92.1 Å². The first-order valence-corrected chi connectivity index (χ1v) is 14.2. The van der Waals surface area contributed by atoms with Crippen LogP contribution in [-0.4, -0.2) is 43.7 Å². The van der Waals surface area contributed by atoms with E-state index in [4.69, 9.17) is 16.6 Å². The molecule has 1 fully saturated rings. The van der Waals surface area contributed by atoms with Gasteiger partial charge in [-0.3, -0.25) is 0 Å². The van der Waals surface area contributed by atoms with Crippen LogP contribution in [0.25, 0.3) is 27.7 Å². The minimum atomic E-state index is 0.352. The van der Waals surface area contributed by atoms with Crippen LogP contribution >= 0.6 is 23.5 Å². The summed E-state index contributed by atoms with van der Waals surface area (Å²) < 4.78 is 5.25. The molecule has 10 heteroatoms. The Morgan fingerprint density at radius 1 is 1.13 bits per heavy atom. The second-order valence-electron chi connectivity index (χ2n) is 9.42. The highest BCUT2D eigenvalue weighted by molar-refractivity contribution is 8.00. The van der Waals surface area contributed by atoms with Crippen LogP contribution in [0.3, 0.4) is 0 Å². The lowest BCUT2D eigenvalue weighted by Gasteiger charge is -2.17. The summed E-state index contributed by atoms with van der Waals surface area (Å²) in [6, 6.07) is 16.5. The van der Waals surface area contributed by atoms with Gasteiger partial charge in [0.2, 0.25) is 5.95 Å². The lowest BCUT2D eigenvalue weighted by atomic mass is 10.0. The van der Waals surface area contributed by atoms with Gasteiger partial charge in [-0.2, -0.15) is 5.10 Å². The van der Waals surface area contributed by atoms with Gasteiger partial charge in [-0.05, 0) is 79.7 Å². The van der Waals surface area contributed by atoms with Crippen molar-refractivity contribution in [1.82, 2.24) is 29.9 Å². The molecule has 0 radical (unpaired) electrons. The fourth-order valence-electron chi connectivity index (χ4n) is 4.89. The van der Waals surface area contributed by atoms with Crippen LogP contribution in [0.5, 0.6) is 0 Å². The molecule has 38 heavy (non-hydrogen) atoms. The zero-order valence-corrected chi connectivity index (χ0v) is 22.7. The predicted molar refractivity (Wildman–Crippen MR) is 156 cm³/mol. The van der Waals surface area contributed by atoms with E-state index in [0.29, 0.717) is 17.0 Å². The van der Waals surface area contributed by atoms with Crippen molar-refractivity contribution in [2.24, 2.45) is 0 Å². The molecule has 0 saturated carbocycles. The maximum Gasteiger partial charge on any atom is 0.223 e. The van der Waals surface area contributed by atoms with Gasteiger partial charge >= 0.3 is 0 Å². The Hall–Kier alpha value is -3.40. The van der Waals surface area contributed by atoms with Crippen LogP contribution < -0.4 is 15.4 Å². The van der Waals surface area contributed by atoms with Crippen molar-refractivity contribution in [2.45, 2.75) is 43.5 Å². The number of hydrogen-bond acceptors (Lipinski definition) is 8. The third-order valence-electron chi connectivity index (χ3n) is 6.87. The molecule has 2 aromatic carbocycles. The van der Waals surface area contributed by atoms with Gasteiger partial charge in [0.25, 0.3) is 0 Å². The standard InChI is InChI=1S/C28H29ClN8S/c1-2-18-13-19(14-20-15-31-28(35-26(18)20)34-21-7-5-6-12-30-16-21)23-10-11-24-27(32-17-33-37(23)24)36-38-25-9-4-3-8-22(25)29/h3-4,8-11,13-15,17,21,30H,2,5-7,12,16H2,1H3,(H,31,34,35)(H,32,33,36). The van der Waals surface area contributed by atoms with E-state index in [1.54, 1.807) is 6.33 Å². The summed E-state index contributed by atoms with van der Waals surface area (Å²) in [4.78, 5) is 15.0. The van der Waals surface area contributed by atoms with Gasteiger partial charge in [0.05, 0.1) is 16.2 Å². The van der Waals surface area contributed by atoms with Gasteiger partial charge in [0.15, 0.2) is 5.82 Å². The van der Waals surface area contributed by atoms with E-state index in [-0.39, 0.29) is 0 Å². The molecule has 1 saturated heterocycles. The molecule has 0 amide bonds. The molecule has 6 rings (SSSR count). The maximum absolute atomic E-state index is 6.32. The quantitative estimate of drug-likeness (QED) is 0.208. The Bertz CT molecular complexity index is 1580. The number of nitrogens with one attached hydrogen (secondary N) is 3. The van der Waals surface area contributed by atoms with Crippen molar-refractivity contribution in [3.05, 3.63) is 71.6 Å². The number of aromatic nitrogens is 5. The molecule has 0 bridgehead atoms. The molecule has 1 unspecified atom stereocenters. The summed E-state index contributed by atoms with van der Waals surface area (Å²) >= 11 is 7.75. The molecule has 8 nitrogen and oxygen atoms in total. The van der Waals surface area contributed by atoms with Crippen molar-refractivity contribution in [1.29, 1.82) is 0 Å². The van der Waals surface area contributed by atoms with Crippen LogP contribution in [-0.2, 0) is 6.42 Å². The van der Waals surface area contributed by atoms with Crippen LogP contribution in [0.1, 0.15) is 31.7 Å². The van der Waals surface area contributed by atoms with Gasteiger partial charge in [0, 0.05) is 34.6 Å². The maximum atomic E-state index is 6.32. The normalized spacial score (nSPS) is 16.0. The minimum Gasteiger partial charge on any atom is -0.350 e. The Balaban J connectivity index is 1.30. The Labute approximate surface area is 230 Å². The first-order valence-electron chi connectivity index (χ1n) is 13.0. The monoisotopic (exact) mass is 544 g/mol. The number of halogens is 1. The van der Waals surface area contributed by atoms with Gasteiger partial charge in [-0.25, -0.2) is 19.5 Å². The third kappa shape index (κ3) is 5.14. The van der Waals surface area contributed by atoms with E-state index in [1.165, 1.54) is 30.4 Å². The number of fused-ring (bicyclic) bond motifs is 2. The average Bonchev–Trinajstić information content (AvgIpc) is 3.22. The molecular formula is C28H29ClN8S. The Kier molecular flexibility index (Phi) is 7.31. The van der Waals surface area contributed by atoms with E-state index < -0.39 is 0 Å². The second kappa shape index (κ2) is 11.1. The van der Waals surface area contributed by atoms with Gasteiger partial charge in [-0.15, -0.1) is 0 Å². The molecule has 0 aliphatic carbocycles. The predicted octanol–water partition coefficient (Wildman–Crippen LogP) is 6.23. The summed E-state index contributed by atoms with van der Waals surface area (Å²) in [7, 11) is 0. The first kappa shape index (κ1) is 24.9. The molecule has 0 spiro atoms.